The molecule has 6 heteroatoms. The molecule has 1 aliphatic heterocycles. The predicted octanol–water partition coefficient (Wildman–Crippen LogP) is 3.83. The first-order valence-corrected chi connectivity index (χ1v) is 8.80. The van der Waals surface area contributed by atoms with Gasteiger partial charge in [-0.3, -0.25) is 0 Å². The minimum Gasteiger partial charge on any atom is -0.465 e. The summed E-state index contributed by atoms with van der Waals surface area (Å²) in [5, 5.41) is 4.76. The molecule has 0 aromatic carbocycles. The van der Waals surface area contributed by atoms with Gasteiger partial charge in [0.2, 0.25) is 0 Å². The van der Waals surface area contributed by atoms with Crippen LogP contribution in [0.2, 0.25) is 0 Å². The van der Waals surface area contributed by atoms with Gasteiger partial charge in [-0.15, -0.1) is 11.3 Å². The summed E-state index contributed by atoms with van der Waals surface area (Å²) < 4.78 is 4.90. The third kappa shape index (κ3) is 3.60. The van der Waals surface area contributed by atoms with E-state index < -0.39 is 0 Å². The Bertz CT molecular complexity index is 573. The average molecular weight is 341 g/mol. The molecule has 1 fully saturated rings. The summed E-state index contributed by atoms with van der Waals surface area (Å²) in [6, 6.07) is 0. The Hall–Kier alpha value is -1.14. The van der Waals surface area contributed by atoms with E-state index in [0.717, 1.165) is 28.5 Å². The number of methoxy groups -OCH3 is 1. The van der Waals surface area contributed by atoms with E-state index in [1.807, 2.05) is 13.8 Å². The fourth-order valence-electron chi connectivity index (χ4n) is 3.07. The summed E-state index contributed by atoms with van der Waals surface area (Å²) in [7, 11) is 1.41. The van der Waals surface area contributed by atoms with Crippen molar-refractivity contribution in [2.45, 2.75) is 34.1 Å². The SMILES string of the molecule is COC(=O)c1c(NC(=S)N2CC(C)CC(C)C2)sc(C)c1C. The molecule has 0 radical (unpaired) electrons. The van der Waals surface area contributed by atoms with E-state index in [0.29, 0.717) is 22.5 Å². The van der Waals surface area contributed by atoms with Crippen molar-refractivity contribution in [3.8, 4) is 0 Å². The Morgan fingerprint density at radius 1 is 1.32 bits per heavy atom. The van der Waals surface area contributed by atoms with Crippen LogP contribution in [-0.2, 0) is 4.74 Å². The van der Waals surface area contributed by atoms with Crippen molar-refractivity contribution >= 4 is 39.6 Å². The van der Waals surface area contributed by atoms with Crippen LogP contribution in [0.25, 0.3) is 0 Å². The zero-order chi connectivity index (χ0) is 16.4. The second kappa shape index (κ2) is 6.96. The number of carbonyl (C=O) groups excluding carboxylic acids is 1. The van der Waals surface area contributed by atoms with Crippen LogP contribution < -0.4 is 5.32 Å². The lowest BCUT2D eigenvalue weighted by Gasteiger charge is -2.36. The topological polar surface area (TPSA) is 41.6 Å². The minimum absolute atomic E-state index is 0.312. The number of nitrogens with one attached hydrogen (secondary N) is 1. The fraction of sp³-hybridized carbons (Fsp3) is 0.625. The van der Waals surface area contributed by atoms with Gasteiger partial charge in [-0.25, -0.2) is 4.79 Å². The van der Waals surface area contributed by atoms with E-state index in [1.165, 1.54) is 13.5 Å². The smallest absolute Gasteiger partial charge is 0.341 e. The van der Waals surface area contributed by atoms with E-state index in [1.54, 1.807) is 11.3 Å². The zero-order valence-electron chi connectivity index (χ0n) is 13.9. The predicted molar refractivity (Wildman–Crippen MR) is 95.9 cm³/mol. The molecule has 2 atom stereocenters. The zero-order valence-corrected chi connectivity index (χ0v) is 15.5. The van der Waals surface area contributed by atoms with Gasteiger partial charge in [0, 0.05) is 18.0 Å². The van der Waals surface area contributed by atoms with Crippen molar-refractivity contribution in [3.05, 3.63) is 16.0 Å². The van der Waals surface area contributed by atoms with Gasteiger partial charge in [0.05, 0.1) is 12.7 Å². The molecule has 1 aromatic heterocycles. The lowest BCUT2D eigenvalue weighted by Crippen LogP contribution is -2.44. The quantitative estimate of drug-likeness (QED) is 0.655. The normalized spacial score (nSPS) is 21.6. The van der Waals surface area contributed by atoms with Crippen LogP contribution in [0.1, 0.15) is 41.1 Å². The molecule has 0 spiro atoms. The van der Waals surface area contributed by atoms with E-state index in [9.17, 15) is 4.79 Å². The van der Waals surface area contributed by atoms with E-state index in [2.05, 4.69) is 24.1 Å². The van der Waals surface area contributed by atoms with Crippen LogP contribution in [0.15, 0.2) is 0 Å². The van der Waals surface area contributed by atoms with Gasteiger partial charge in [-0.2, -0.15) is 0 Å². The van der Waals surface area contributed by atoms with Gasteiger partial charge in [-0.1, -0.05) is 13.8 Å². The molecule has 1 N–H and O–H groups in total. The monoisotopic (exact) mass is 340 g/mol. The third-order valence-electron chi connectivity index (χ3n) is 4.15. The Morgan fingerprint density at radius 2 is 1.91 bits per heavy atom. The van der Waals surface area contributed by atoms with Crippen LogP contribution in [-0.4, -0.2) is 36.2 Å². The lowest BCUT2D eigenvalue weighted by molar-refractivity contribution is 0.0601. The second-order valence-electron chi connectivity index (χ2n) is 6.26. The number of ether oxygens (including phenoxy) is 1. The highest BCUT2D eigenvalue weighted by atomic mass is 32.1. The van der Waals surface area contributed by atoms with Gasteiger partial charge in [0.15, 0.2) is 5.11 Å². The summed E-state index contributed by atoms with van der Waals surface area (Å²) in [6.45, 7) is 10.4. The molecular weight excluding hydrogens is 316 g/mol. The number of piperidine rings is 1. The Balaban J connectivity index is 2.18. The van der Waals surface area contributed by atoms with Crippen LogP contribution in [0.3, 0.4) is 0 Å². The molecule has 1 aromatic rings. The number of esters is 1. The molecule has 2 heterocycles. The molecule has 22 heavy (non-hydrogen) atoms. The number of hydrogen-bond donors (Lipinski definition) is 1. The maximum atomic E-state index is 12.0. The molecule has 2 unspecified atom stereocenters. The molecule has 1 saturated heterocycles. The van der Waals surface area contributed by atoms with E-state index >= 15 is 0 Å². The standard InChI is InChI=1S/C16H24N2O2S2/c1-9-6-10(2)8-18(7-9)16(21)17-14-13(15(19)20-5)11(3)12(4)22-14/h9-10H,6-8H2,1-5H3,(H,17,21). The van der Waals surface area contributed by atoms with Gasteiger partial charge in [-0.05, 0) is 49.9 Å². The van der Waals surface area contributed by atoms with Crippen molar-refractivity contribution in [1.29, 1.82) is 0 Å². The maximum Gasteiger partial charge on any atom is 0.341 e. The van der Waals surface area contributed by atoms with E-state index in [-0.39, 0.29) is 5.97 Å². The molecule has 0 saturated carbocycles. The van der Waals surface area contributed by atoms with E-state index in [4.69, 9.17) is 17.0 Å². The fourth-order valence-corrected chi connectivity index (χ4v) is 4.43. The number of carbonyl (C=O) groups is 1. The molecule has 1 aliphatic rings. The Labute approximate surface area is 141 Å². The van der Waals surface area contributed by atoms with Crippen LogP contribution in [0, 0.1) is 25.7 Å². The summed E-state index contributed by atoms with van der Waals surface area (Å²) in [6.07, 6.45) is 1.24. The molecule has 2 rings (SSSR count). The molecule has 0 amide bonds. The average Bonchev–Trinajstić information content (AvgIpc) is 2.72. The number of nitrogens with zero attached hydrogens (tertiary/aromatic N) is 1. The van der Waals surface area contributed by atoms with Crippen molar-refractivity contribution < 1.29 is 9.53 Å². The van der Waals surface area contributed by atoms with Crippen LogP contribution in [0.4, 0.5) is 5.00 Å². The third-order valence-corrected chi connectivity index (χ3v) is 5.63. The maximum absolute atomic E-state index is 12.0. The molecular formula is C16H24N2O2S2. The Morgan fingerprint density at radius 3 is 2.45 bits per heavy atom. The summed E-state index contributed by atoms with van der Waals surface area (Å²) >= 11 is 7.12. The number of rotatable bonds is 2. The molecule has 0 bridgehead atoms. The summed E-state index contributed by atoms with van der Waals surface area (Å²) in [4.78, 5) is 15.3. The first-order chi connectivity index (χ1) is 10.3. The van der Waals surface area contributed by atoms with Crippen LogP contribution in [0.5, 0.6) is 0 Å². The Kier molecular flexibility index (Phi) is 5.45. The highest BCUT2D eigenvalue weighted by Gasteiger charge is 2.26. The largest absolute Gasteiger partial charge is 0.465 e. The van der Waals surface area contributed by atoms with Crippen LogP contribution >= 0.6 is 23.6 Å². The molecule has 122 valence electrons. The number of thiocarbonyl (C=S) groups is 1. The number of anilines is 1. The van der Waals surface area contributed by atoms with Gasteiger partial charge in [0.1, 0.15) is 5.00 Å². The molecule has 0 aliphatic carbocycles. The number of hydrogen-bond acceptors (Lipinski definition) is 4. The number of likely N-dealkylation sites (tertiary alicyclic amines) is 1. The minimum atomic E-state index is -0.312. The highest BCUT2D eigenvalue weighted by molar-refractivity contribution is 7.80. The first kappa shape index (κ1) is 17.2. The van der Waals surface area contributed by atoms with Gasteiger partial charge in [0.25, 0.3) is 0 Å². The summed E-state index contributed by atoms with van der Waals surface area (Å²) in [5.74, 6) is 0.957. The van der Waals surface area contributed by atoms with Gasteiger partial charge < -0.3 is 15.0 Å². The van der Waals surface area contributed by atoms with Gasteiger partial charge >= 0.3 is 5.97 Å². The van der Waals surface area contributed by atoms with Crippen molar-refractivity contribution in [2.75, 3.05) is 25.5 Å². The lowest BCUT2D eigenvalue weighted by atomic mass is 9.92. The van der Waals surface area contributed by atoms with Crippen molar-refractivity contribution in [3.63, 3.8) is 0 Å². The second-order valence-corrected chi connectivity index (χ2v) is 7.87. The first-order valence-electron chi connectivity index (χ1n) is 7.57. The highest BCUT2D eigenvalue weighted by Crippen LogP contribution is 2.33. The van der Waals surface area contributed by atoms with Crippen molar-refractivity contribution in [2.24, 2.45) is 11.8 Å². The number of thiophene rings is 1. The number of aryl methyl sites for hydroxylation is 1. The summed E-state index contributed by atoms with van der Waals surface area (Å²) in [5.41, 5.74) is 1.56. The molecule has 4 nitrogen and oxygen atoms in total. The van der Waals surface area contributed by atoms with Crippen molar-refractivity contribution in [1.82, 2.24) is 4.90 Å².